The van der Waals surface area contributed by atoms with E-state index in [4.69, 9.17) is 14.2 Å². The van der Waals surface area contributed by atoms with E-state index >= 15 is 0 Å². The van der Waals surface area contributed by atoms with E-state index in [0.717, 1.165) is 16.7 Å². The van der Waals surface area contributed by atoms with Gasteiger partial charge < -0.3 is 18.8 Å². The second-order valence-electron chi connectivity index (χ2n) is 4.09. The van der Waals surface area contributed by atoms with Crippen molar-refractivity contribution in [3.05, 3.63) is 30.0 Å². The number of rotatable bonds is 5. The van der Waals surface area contributed by atoms with Crippen molar-refractivity contribution in [3.8, 4) is 5.75 Å². The quantitative estimate of drug-likeness (QED) is 0.775. The number of esters is 1. The van der Waals surface area contributed by atoms with E-state index in [0.29, 0.717) is 18.8 Å². The number of hydrogen-bond donors (Lipinski definition) is 0. The Hall–Kier alpha value is -2.01. The maximum absolute atomic E-state index is 11.8. The smallest absolute Gasteiger partial charge is 0.354 e. The SMILES string of the molecule is COCCn1c(C(=O)OC)cc2ccc(OC)cc21. The van der Waals surface area contributed by atoms with Crippen LogP contribution in [-0.4, -0.2) is 38.5 Å². The molecule has 5 heteroatoms. The molecule has 0 spiro atoms. The van der Waals surface area contributed by atoms with Crippen LogP contribution in [0.1, 0.15) is 10.5 Å². The normalized spacial score (nSPS) is 10.7. The molecule has 19 heavy (non-hydrogen) atoms. The van der Waals surface area contributed by atoms with E-state index < -0.39 is 0 Å². The lowest BCUT2D eigenvalue weighted by molar-refractivity contribution is 0.0587. The van der Waals surface area contributed by atoms with Crippen LogP contribution in [0, 0.1) is 0 Å². The van der Waals surface area contributed by atoms with Gasteiger partial charge >= 0.3 is 5.97 Å². The second kappa shape index (κ2) is 5.75. The average molecular weight is 263 g/mol. The summed E-state index contributed by atoms with van der Waals surface area (Å²) in [7, 11) is 4.62. The Morgan fingerprint density at radius 3 is 2.63 bits per heavy atom. The van der Waals surface area contributed by atoms with E-state index in [2.05, 4.69) is 0 Å². The fourth-order valence-electron chi connectivity index (χ4n) is 2.06. The Labute approximate surface area is 111 Å². The van der Waals surface area contributed by atoms with Crippen molar-refractivity contribution in [1.29, 1.82) is 0 Å². The summed E-state index contributed by atoms with van der Waals surface area (Å²) >= 11 is 0. The molecule has 0 radical (unpaired) electrons. The molecule has 1 aromatic carbocycles. The lowest BCUT2D eigenvalue weighted by Gasteiger charge is -2.09. The number of benzene rings is 1. The maximum Gasteiger partial charge on any atom is 0.354 e. The number of nitrogens with zero attached hydrogens (tertiary/aromatic N) is 1. The Morgan fingerprint density at radius 2 is 2.00 bits per heavy atom. The molecule has 2 aromatic rings. The molecule has 1 aromatic heterocycles. The van der Waals surface area contributed by atoms with Gasteiger partial charge in [-0.25, -0.2) is 4.79 Å². The van der Waals surface area contributed by atoms with Crippen LogP contribution >= 0.6 is 0 Å². The highest BCUT2D eigenvalue weighted by molar-refractivity contribution is 5.96. The maximum atomic E-state index is 11.8. The third-order valence-corrected chi connectivity index (χ3v) is 3.02. The Balaban J connectivity index is 2.56. The highest BCUT2D eigenvalue weighted by Gasteiger charge is 2.16. The third kappa shape index (κ3) is 2.56. The molecule has 0 atom stereocenters. The molecule has 0 N–H and O–H groups in total. The first-order valence-electron chi connectivity index (χ1n) is 5.95. The molecular weight excluding hydrogens is 246 g/mol. The summed E-state index contributed by atoms with van der Waals surface area (Å²) in [5.41, 5.74) is 1.44. The van der Waals surface area contributed by atoms with Crippen LogP contribution in [0.15, 0.2) is 24.3 Å². The summed E-state index contributed by atoms with van der Waals surface area (Å²) in [6.07, 6.45) is 0. The van der Waals surface area contributed by atoms with E-state index in [1.807, 2.05) is 28.8 Å². The van der Waals surface area contributed by atoms with Crippen LogP contribution in [0.5, 0.6) is 5.75 Å². The molecule has 2 rings (SSSR count). The molecule has 0 fully saturated rings. The third-order valence-electron chi connectivity index (χ3n) is 3.02. The summed E-state index contributed by atoms with van der Waals surface area (Å²) < 4.78 is 17.0. The summed E-state index contributed by atoms with van der Waals surface area (Å²) in [6.45, 7) is 1.10. The summed E-state index contributed by atoms with van der Waals surface area (Å²) in [5.74, 6) is 0.395. The number of carbonyl (C=O) groups excluding carboxylic acids is 1. The molecule has 0 aliphatic carbocycles. The fourth-order valence-corrected chi connectivity index (χ4v) is 2.06. The first-order chi connectivity index (χ1) is 9.21. The molecule has 0 saturated carbocycles. The van der Waals surface area contributed by atoms with Crippen LogP contribution in [0.2, 0.25) is 0 Å². The zero-order valence-corrected chi connectivity index (χ0v) is 11.3. The zero-order chi connectivity index (χ0) is 13.8. The minimum atomic E-state index is -0.355. The van der Waals surface area contributed by atoms with Crippen molar-refractivity contribution in [2.24, 2.45) is 0 Å². The molecule has 1 heterocycles. The van der Waals surface area contributed by atoms with Crippen LogP contribution < -0.4 is 4.74 Å². The molecule has 0 bridgehead atoms. The van der Waals surface area contributed by atoms with Crippen molar-refractivity contribution in [2.45, 2.75) is 6.54 Å². The van der Waals surface area contributed by atoms with Crippen LogP contribution in [-0.2, 0) is 16.0 Å². The van der Waals surface area contributed by atoms with Gasteiger partial charge in [0.1, 0.15) is 11.4 Å². The highest BCUT2D eigenvalue weighted by Crippen LogP contribution is 2.25. The number of fused-ring (bicyclic) bond motifs is 1. The molecule has 5 nitrogen and oxygen atoms in total. The monoisotopic (exact) mass is 263 g/mol. The summed E-state index contributed by atoms with van der Waals surface area (Å²) in [4.78, 5) is 11.8. The second-order valence-corrected chi connectivity index (χ2v) is 4.09. The predicted molar refractivity (Wildman–Crippen MR) is 71.7 cm³/mol. The summed E-state index contributed by atoms with van der Waals surface area (Å²) in [5, 5.41) is 0.970. The molecule has 102 valence electrons. The van der Waals surface area contributed by atoms with E-state index in [-0.39, 0.29) is 5.97 Å². The van der Waals surface area contributed by atoms with Crippen LogP contribution in [0.4, 0.5) is 0 Å². The number of aromatic nitrogens is 1. The minimum absolute atomic E-state index is 0.355. The van der Waals surface area contributed by atoms with Gasteiger partial charge in [-0.05, 0) is 18.2 Å². The number of methoxy groups -OCH3 is 3. The predicted octanol–water partition coefficient (Wildman–Crippen LogP) is 2.08. The van der Waals surface area contributed by atoms with Gasteiger partial charge in [0, 0.05) is 25.1 Å². The number of ether oxygens (including phenoxy) is 3. The van der Waals surface area contributed by atoms with E-state index in [1.165, 1.54) is 7.11 Å². The van der Waals surface area contributed by atoms with Gasteiger partial charge in [0.15, 0.2) is 0 Å². The minimum Gasteiger partial charge on any atom is -0.497 e. The molecule has 0 aliphatic rings. The van der Waals surface area contributed by atoms with Gasteiger partial charge in [-0.15, -0.1) is 0 Å². The lowest BCUT2D eigenvalue weighted by Crippen LogP contribution is -2.13. The molecule has 0 saturated heterocycles. The Bertz CT molecular complexity index is 588. The van der Waals surface area contributed by atoms with Crippen molar-refractivity contribution in [3.63, 3.8) is 0 Å². The molecule has 0 amide bonds. The van der Waals surface area contributed by atoms with Gasteiger partial charge in [0.2, 0.25) is 0 Å². The first kappa shape index (κ1) is 13.4. The number of hydrogen-bond acceptors (Lipinski definition) is 4. The van der Waals surface area contributed by atoms with Gasteiger partial charge in [-0.2, -0.15) is 0 Å². The van der Waals surface area contributed by atoms with E-state index in [9.17, 15) is 4.79 Å². The van der Waals surface area contributed by atoms with Crippen molar-refractivity contribution in [2.75, 3.05) is 27.9 Å². The summed E-state index contributed by atoms with van der Waals surface area (Å²) in [6, 6.07) is 7.50. The highest BCUT2D eigenvalue weighted by atomic mass is 16.5. The first-order valence-corrected chi connectivity index (χ1v) is 5.95. The van der Waals surface area contributed by atoms with Crippen LogP contribution in [0.3, 0.4) is 0 Å². The Kier molecular flexibility index (Phi) is 4.06. The lowest BCUT2D eigenvalue weighted by atomic mass is 10.2. The fraction of sp³-hybridized carbons (Fsp3) is 0.357. The standard InChI is InChI=1S/C14H17NO4/c1-17-7-6-15-12-9-11(18-2)5-4-10(12)8-13(15)14(16)19-3/h4-5,8-9H,6-7H2,1-3H3. The zero-order valence-electron chi connectivity index (χ0n) is 11.3. The van der Waals surface area contributed by atoms with Gasteiger partial charge in [0.05, 0.1) is 26.3 Å². The van der Waals surface area contributed by atoms with Gasteiger partial charge in [0.25, 0.3) is 0 Å². The van der Waals surface area contributed by atoms with Crippen molar-refractivity contribution in [1.82, 2.24) is 4.57 Å². The largest absolute Gasteiger partial charge is 0.497 e. The van der Waals surface area contributed by atoms with Gasteiger partial charge in [-0.3, -0.25) is 0 Å². The van der Waals surface area contributed by atoms with E-state index in [1.54, 1.807) is 14.2 Å². The average Bonchev–Trinajstić information content (AvgIpc) is 2.81. The Morgan fingerprint density at radius 1 is 1.21 bits per heavy atom. The topological polar surface area (TPSA) is 49.7 Å². The number of carbonyl (C=O) groups is 1. The van der Waals surface area contributed by atoms with Crippen molar-refractivity contribution < 1.29 is 19.0 Å². The van der Waals surface area contributed by atoms with Crippen LogP contribution in [0.25, 0.3) is 10.9 Å². The molecule has 0 unspecified atom stereocenters. The van der Waals surface area contributed by atoms with Crippen molar-refractivity contribution >= 4 is 16.9 Å². The van der Waals surface area contributed by atoms with Gasteiger partial charge in [-0.1, -0.05) is 0 Å². The molecular formula is C14H17NO4. The molecule has 0 aliphatic heterocycles.